The van der Waals surface area contributed by atoms with Crippen LogP contribution in [0.25, 0.3) is 0 Å². The van der Waals surface area contributed by atoms with Crippen molar-refractivity contribution in [1.82, 2.24) is 5.32 Å². The first-order valence-electron chi connectivity index (χ1n) is 5.80. The van der Waals surface area contributed by atoms with Gasteiger partial charge in [-0.15, -0.1) is 0 Å². The van der Waals surface area contributed by atoms with E-state index in [2.05, 4.69) is 5.32 Å². The summed E-state index contributed by atoms with van der Waals surface area (Å²) in [4.78, 5) is 11.5. The van der Waals surface area contributed by atoms with Crippen LogP contribution in [0.4, 0.5) is 0 Å². The van der Waals surface area contributed by atoms with Gasteiger partial charge in [-0.2, -0.15) is 0 Å². The van der Waals surface area contributed by atoms with Gasteiger partial charge in [0, 0.05) is 12.0 Å². The number of amides is 1. The van der Waals surface area contributed by atoms with E-state index in [0.717, 1.165) is 32.2 Å². The van der Waals surface area contributed by atoms with Crippen molar-refractivity contribution in [2.24, 2.45) is 17.6 Å². The van der Waals surface area contributed by atoms with Gasteiger partial charge in [0.25, 0.3) is 0 Å². The first kappa shape index (κ1) is 9.97. The Bertz CT molecular complexity index is 205. The molecule has 0 aromatic rings. The molecule has 2 rings (SSSR count). The fraction of sp³-hybridized carbons (Fsp3) is 0.909. The Hall–Kier alpha value is -0.570. The second-order valence-corrected chi connectivity index (χ2v) is 4.74. The third-order valence-corrected chi connectivity index (χ3v) is 3.47. The molecule has 2 saturated carbocycles. The quantitative estimate of drug-likeness (QED) is 0.708. The van der Waals surface area contributed by atoms with Gasteiger partial charge >= 0.3 is 0 Å². The summed E-state index contributed by atoms with van der Waals surface area (Å²) in [6, 6.07) is 0.436. The molecule has 0 unspecified atom stereocenters. The van der Waals surface area contributed by atoms with Crippen LogP contribution in [-0.4, -0.2) is 18.5 Å². The average Bonchev–Trinajstić information content (AvgIpc) is 3.02. The summed E-state index contributed by atoms with van der Waals surface area (Å²) in [7, 11) is 0. The van der Waals surface area contributed by atoms with Crippen molar-refractivity contribution in [3.8, 4) is 0 Å². The number of nitrogens with two attached hydrogens (primary N) is 1. The van der Waals surface area contributed by atoms with Gasteiger partial charge in [0.2, 0.25) is 5.91 Å². The lowest BCUT2D eigenvalue weighted by Crippen LogP contribution is -2.39. The topological polar surface area (TPSA) is 55.1 Å². The lowest BCUT2D eigenvalue weighted by molar-refractivity contribution is -0.123. The lowest BCUT2D eigenvalue weighted by atomic mass is 9.86. The van der Waals surface area contributed by atoms with Crippen molar-refractivity contribution >= 4 is 5.91 Å². The van der Waals surface area contributed by atoms with Gasteiger partial charge in [0.15, 0.2) is 0 Å². The van der Waals surface area contributed by atoms with Gasteiger partial charge in [-0.1, -0.05) is 0 Å². The highest BCUT2D eigenvalue weighted by molar-refractivity contribution is 5.81. The molecule has 1 amide bonds. The van der Waals surface area contributed by atoms with Gasteiger partial charge in [0.1, 0.15) is 0 Å². The molecule has 80 valence electrons. The van der Waals surface area contributed by atoms with E-state index in [0.29, 0.717) is 23.8 Å². The summed E-state index contributed by atoms with van der Waals surface area (Å²) in [5, 5.41) is 3.15. The molecule has 3 N–H and O–H groups in total. The smallest absolute Gasteiger partial charge is 0.223 e. The number of rotatable bonds is 3. The van der Waals surface area contributed by atoms with Gasteiger partial charge in [-0.25, -0.2) is 0 Å². The molecule has 0 spiro atoms. The molecule has 0 bridgehead atoms. The zero-order valence-electron chi connectivity index (χ0n) is 8.67. The van der Waals surface area contributed by atoms with E-state index in [1.54, 1.807) is 0 Å². The second kappa shape index (κ2) is 4.30. The normalized spacial score (nSPS) is 32.6. The summed E-state index contributed by atoms with van der Waals surface area (Å²) >= 11 is 0. The molecule has 2 aliphatic carbocycles. The number of carbonyl (C=O) groups excluding carboxylic acids is 1. The molecule has 0 saturated heterocycles. The molecule has 14 heavy (non-hydrogen) atoms. The van der Waals surface area contributed by atoms with Crippen LogP contribution < -0.4 is 11.1 Å². The Labute approximate surface area is 85.4 Å². The van der Waals surface area contributed by atoms with Crippen LogP contribution in [0.15, 0.2) is 0 Å². The fourth-order valence-electron chi connectivity index (χ4n) is 2.21. The van der Waals surface area contributed by atoms with E-state index in [-0.39, 0.29) is 0 Å². The Morgan fingerprint density at radius 2 is 1.79 bits per heavy atom. The van der Waals surface area contributed by atoms with E-state index in [4.69, 9.17) is 5.73 Å². The first-order chi connectivity index (χ1) is 6.79. The number of hydrogen-bond acceptors (Lipinski definition) is 2. The minimum absolute atomic E-state index is 0.293. The second-order valence-electron chi connectivity index (χ2n) is 4.74. The van der Waals surface area contributed by atoms with Gasteiger partial charge in [-0.05, 0) is 51.0 Å². The Morgan fingerprint density at radius 3 is 2.29 bits per heavy atom. The minimum atomic E-state index is 0.293. The monoisotopic (exact) mass is 196 g/mol. The molecule has 0 atom stereocenters. The van der Waals surface area contributed by atoms with Crippen molar-refractivity contribution in [1.29, 1.82) is 0 Å². The van der Waals surface area contributed by atoms with E-state index in [1.807, 2.05) is 0 Å². The highest BCUT2D eigenvalue weighted by Crippen LogP contribution is 2.30. The Morgan fingerprint density at radius 1 is 1.14 bits per heavy atom. The van der Waals surface area contributed by atoms with Gasteiger partial charge in [-0.3, -0.25) is 4.79 Å². The van der Waals surface area contributed by atoms with E-state index < -0.39 is 0 Å². The zero-order chi connectivity index (χ0) is 9.97. The molecular weight excluding hydrogens is 176 g/mol. The van der Waals surface area contributed by atoms with E-state index in [1.165, 1.54) is 12.8 Å². The van der Waals surface area contributed by atoms with Crippen molar-refractivity contribution in [2.75, 3.05) is 6.54 Å². The molecular formula is C11H20N2O. The molecule has 2 fully saturated rings. The largest absolute Gasteiger partial charge is 0.353 e. The maximum atomic E-state index is 11.5. The van der Waals surface area contributed by atoms with Crippen molar-refractivity contribution in [3.63, 3.8) is 0 Å². The summed E-state index contributed by atoms with van der Waals surface area (Å²) in [5.41, 5.74) is 5.62. The molecule has 0 heterocycles. The van der Waals surface area contributed by atoms with Crippen molar-refractivity contribution < 1.29 is 4.79 Å². The van der Waals surface area contributed by atoms with Crippen LogP contribution >= 0.6 is 0 Å². The summed E-state index contributed by atoms with van der Waals surface area (Å²) in [5.74, 6) is 1.34. The third kappa shape index (κ3) is 2.47. The van der Waals surface area contributed by atoms with Crippen LogP contribution in [0.1, 0.15) is 38.5 Å². The van der Waals surface area contributed by atoms with Crippen LogP contribution in [-0.2, 0) is 4.79 Å². The van der Waals surface area contributed by atoms with Crippen molar-refractivity contribution in [3.05, 3.63) is 0 Å². The van der Waals surface area contributed by atoms with Crippen LogP contribution in [0, 0.1) is 11.8 Å². The predicted octanol–water partition coefficient (Wildman–Crippen LogP) is 1.03. The first-order valence-corrected chi connectivity index (χ1v) is 5.80. The number of carbonyl (C=O) groups is 1. The predicted molar refractivity (Wildman–Crippen MR) is 55.7 cm³/mol. The van der Waals surface area contributed by atoms with E-state index in [9.17, 15) is 4.79 Å². The molecule has 3 nitrogen and oxygen atoms in total. The zero-order valence-corrected chi connectivity index (χ0v) is 8.67. The molecule has 0 aliphatic heterocycles. The third-order valence-electron chi connectivity index (χ3n) is 3.47. The summed E-state index contributed by atoms with van der Waals surface area (Å²) < 4.78 is 0. The van der Waals surface area contributed by atoms with Gasteiger partial charge in [0.05, 0.1) is 0 Å². The highest BCUT2D eigenvalue weighted by Gasteiger charge is 2.31. The standard InChI is InChI=1S/C11H20N2O/c12-7-8-1-5-10(6-2-8)13-11(14)9-3-4-9/h8-10H,1-7,12H2,(H,13,14). The maximum absolute atomic E-state index is 11.5. The number of nitrogens with one attached hydrogen (secondary N) is 1. The molecule has 3 heteroatoms. The van der Waals surface area contributed by atoms with Gasteiger partial charge < -0.3 is 11.1 Å². The molecule has 0 radical (unpaired) electrons. The molecule has 0 aromatic carbocycles. The Kier molecular flexibility index (Phi) is 3.06. The molecule has 2 aliphatic rings. The lowest BCUT2D eigenvalue weighted by Gasteiger charge is -2.28. The van der Waals surface area contributed by atoms with E-state index >= 15 is 0 Å². The van der Waals surface area contributed by atoms with Crippen molar-refractivity contribution in [2.45, 2.75) is 44.6 Å². The van der Waals surface area contributed by atoms with Crippen LogP contribution in [0.3, 0.4) is 0 Å². The average molecular weight is 196 g/mol. The van der Waals surface area contributed by atoms with Crippen LogP contribution in [0.2, 0.25) is 0 Å². The van der Waals surface area contributed by atoms with Crippen LogP contribution in [0.5, 0.6) is 0 Å². The fourth-order valence-corrected chi connectivity index (χ4v) is 2.21. The summed E-state index contributed by atoms with van der Waals surface area (Å²) in [6.45, 7) is 0.809. The minimum Gasteiger partial charge on any atom is -0.353 e. The summed E-state index contributed by atoms with van der Waals surface area (Å²) in [6.07, 6.45) is 6.83. The highest BCUT2D eigenvalue weighted by atomic mass is 16.2. The SMILES string of the molecule is NCC1CCC(NC(=O)C2CC2)CC1. The number of hydrogen-bond donors (Lipinski definition) is 2. The Balaban J connectivity index is 1.69. The maximum Gasteiger partial charge on any atom is 0.223 e. The molecule has 0 aromatic heterocycles.